The van der Waals surface area contributed by atoms with Crippen molar-refractivity contribution in [2.45, 2.75) is 31.8 Å². The molecule has 0 saturated carbocycles. The Balaban J connectivity index is 1.48. The standard InChI is InChI=1S/C24H23F3N2O4/c1-13(30)29-11-16-10-17(21(24(31)32)20(12-29)28-16)15-4-2-14(3-5-15)8-9-33-23-19(26)7-6-18(25)22(23)27/h2-7,16,20,28H,8-12H2,1H3,(H,31,32)/t16-,20-/m1/s1. The van der Waals surface area contributed by atoms with Crippen LogP contribution in [-0.2, 0) is 16.0 Å². The summed E-state index contributed by atoms with van der Waals surface area (Å²) in [4.78, 5) is 25.5. The van der Waals surface area contributed by atoms with Gasteiger partial charge in [-0.2, -0.15) is 4.39 Å². The SMILES string of the molecule is CC(=O)N1C[C@H]2CC(c3ccc(CCOc4c(F)ccc(F)c4F)cc3)=C(C(=O)O)[C@@H](C1)N2. The van der Waals surface area contributed by atoms with Crippen LogP contribution in [0.1, 0.15) is 24.5 Å². The molecule has 2 N–H and O–H groups in total. The quantitative estimate of drug-likeness (QED) is 0.648. The number of ether oxygens (including phenoxy) is 1. The summed E-state index contributed by atoms with van der Waals surface area (Å²) in [5, 5.41) is 13.1. The Hall–Kier alpha value is -3.33. The Labute approximate surface area is 188 Å². The lowest BCUT2D eigenvalue weighted by Gasteiger charge is -2.43. The van der Waals surface area contributed by atoms with E-state index in [2.05, 4.69) is 5.32 Å². The molecule has 0 aromatic heterocycles. The molecule has 0 radical (unpaired) electrons. The van der Waals surface area contributed by atoms with E-state index >= 15 is 0 Å². The fourth-order valence-corrected chi connectivity index (χ4v) is 4.41. The average molecular weight is 460 g/mol. The summed E-state index contributed by atoms with van der Waals surface area (Å²) in [6.45, 7) is 2.24. The highest BCUT2D eigenvalue weighted by molar-refractivity contribution is 5.98. The van der Waals surface area contributed by atoms with Crippen LogP contribution in [0.2, 0.25) is 0 Å². The van der Waals surface area contributed by atoms with Gasteiger partial charge in [0.2, 0.25) is 11.7 Å². The largest absolute Gasteiger partial charge is 0.487 e. The molecule has 0 aliphatic carbocycles. The summed E-state index contributed by atoms with van der Waals surface area (Å²) in [5.74, 6) is -5.37. The average Bonchev–Trinajstić information content (AvgIpc) is 2.78. The van der Waals surface area contributed by atoms with Crippen LogP contribution < -0.4 is 10.1 Å². The molecule has 33 heavy (non-hydrogen) atoms. The van der Waals surface area contributed by atoms with Gasteiger partial charge in [-0.3, -0.25) is 4.79 Å². The summed E-state index contributed by atoms with van der Waals surface area (Å²) >= 11 is 0. The molecule has 4 rings (SSSR count). The fraction of sp³-hybridized carbons (Fsp3) is 0.333. The number of hydrogen-bond acceptors (Lipinski definition) is 4. The lowest BCUT2D eigenvalue weighted by Crippen LogP contribution is -2.61. The molecular weight excluding hydrogens is 437 g/mol. The molecule has 2 aromatic carbocycles. The Morgan fingerprint density at radius 1 is 1.09 bits per heavy atom. The molecule has 2 atom stereocenters. The van der Waals surface area contributed by atoms with Crippen molar-refractivity contribution in [3.63, 3.8) is 0 Å². The Morgan fingerprint density at radius 3 is 2.45 bits per heavy atom. The predicted octanol–water partition coefficient (Wildman–Crippen LogP) is 3.16. The van der Waals surface area contributed by atoms with E-state index in [-0.39, 0.29) is 24.1 Å². The number of carboxylic acids is 1. The van der Waals surface area contributed by atoms with Crippen molar-refractivity contribution >= 4 is 17.4 Å². The van der Waals surface area contributed by atoms with Crippen LogP contribution in [0.4, 0.5) is 13.2 Å². The maximum atomic E-state index is 13.7. The molecule has 174 valence electrons. The van der Waals surface area contributed by atoms with E-state index in [9.17, 15) is 27.9 Å². The van der Waals surface area contributed by atoms with Gasteiger partial charge in [0.15, 0.2) is 17.4 Å². The van der Waals surface area contributed by atoms with Crippen LogP contribution in [0.15, 0.2) is 42.0 Å². The van der Waals surface area contributed by atoms with Crippen molar-refractivity contribution in [1.82, 2.24) is 10.2 Å². The number of piperazine rings is 1. The summed E-state index contributed by atoms with van der Waals surface area (Å²) < 4.78 is 45.7. The lowest BCUT2D eigenvalue weighted by atomic mass is 9.83. The Morgan fingerprint density at radius 2 is 1.79 bits per heavy atom. The van der Waals surface area contributed by atoms with E-state index in [0.29, 0.717) is 32.0 Å². The molecule has 0 spiro atoms. The highest BCUT2D eigenvalue weighted by Gasteiger charge is 2.39. The van der Waals surface area contributed by atoms with Crippen LogP contribution in [0.5, 0.6) is 5.75 Å². The van der Waals surface area contributed by atoms with Crippen molar-refractivity contribution in [3.05, 3.63) is 70.5 Å². The third kappa shape index (κ3) is 4.73. The number of carbonyl (C=O) groups excluding carboxylic acids is 1. The van der Waals surface area contributed by atoms with Crippen LogP contribution >= 0.6 is 0 Å². The van der Waals surface area contributed by atoms with Gasteiger partial charge in [-0.1, -0.05) is 24.3 Å². The number of carbonyl (C=O) groups is 2. The third-order valence-electron chi connectivity index (χ3n) is 6.02. The van der Waals surface area contributed by atoms with Gasteiger partial charge in [0.25, 0.3) is 0 Å². The smallest absolute Gasteiger partial charge is 0.333 e. The minimum absolute atomic E-state index is 0.0325. The summed E-state index contributed by atoms with van der Waals surface area (Å²) in [7, 11) is 0. The van der Waals surface area contributed by atoms with Crippen molar-refractivity contribution in [1.29, 1.82) is 0 Å². The van der Waals surface area contributed by atoms with E-state index in [4.69, 9.17) is 4.74 Å². The fourth-order valence-electron chi connectivity index (χ4n) is 4.41. The highest BCUT2D eigenvalue weighted by Crippen LogP contribution is 2.33. The number of aliphatic carboxylic acids is 1. The molecule has 9 heteroatoms. The monoisotopic (exact) mass is 460 g/mol. The summed E-state index contributed by atoms with van der Waals surface area (Å²) in [6.07, 6.45) is 0.795. The third-order valence-corrected chi connectivity index (χ3v) is 6.02. The first kappa shape index (κ1) is 22.8. The van der Waals surface area contributed by atoms with Gasteiger partial charge in [-0.25, -0.2) is 13.6 Å². The molecule has 2 aromatic rings. The molecule has 1 fully saturated rings. The van der Waals surface area contributed by atoms with Crippen LogP contribution in [-0.4, -0.2) is 53.7 Å². The molecule has 1 amide bonds. The highest BCUT2D eigenvalue weighted by atomic mass is 19.2. The second-order valence-corrected chi connectivity index (χ2v) is 8.21. The molecule has 6 nitrogen and oxygen atoms in total. The minimum Gasteiger partial charge on any atom is -0.487 e. The van der Waals surface area contributed by atoms with Gasteiger partial charge in [0.1, 0.15) is 0 Å². The molecule has 1 saturated heterocycles. The van der Waals surface area contributed by atoms with Gasteiger partial charge in [0.05, 0.1) is 18.2 Å². The number of nitrogens with zero attached hydrogens (tertiary/aromatic N) is 1. The van der Waals surface area contributed by atoms with E-state index < -0.39 is 35.2 Å². The molecular formula is C24H23F3N2O4. The lowest BCUT2D eigenvalue weighted by molar-refractivity contribution is -0.135. The number of nitrogens with one attached hydrogen (secondary N) is 1. The molecule has 2 aliphatic rings. The predicted molar refractivity (Wildman–Crippen MR) is 114 cm³/mol. The maximum Gasteiger partial charge on any atom is 0.333 e. The molecule has 2 bridgehead atoms. The normalized spacial score (nSPS) is 20.1. The molecule has 0 unspecified atom stereocenters. The van der Waals surface area contributed by atoms with E-state index in [1.165, 1.54) is 6.92 Å². The number of halogens is 3. The maximum absolute atomic E-state index is 13.7. The van der Waals surface area contributed by atoms with Crippen LogP contribution in [0.3, 0.4) is 0 Å². The second-order valence-electron chi connectivity index (χ2n) is 8.21. The van der Waals surface area contributed by atoms with Gasteiger partial charge < -0.3 is 20.1 Å². The Kier molecular flexibility index (Phi) is 6.42. The van der Waals surface area contributed by atoms with E-state index in [1.54, 1.807) is 29.2 Å². The topological polar surface area (TPSA) is 78.9 Å². The number of benzene rings is 2. The van der Waals surface area contributed by atoms with Crippen molar-refractivity contribution in [2.75, 3.05) is 19.7 Å². The number of fused-ring (bicyclic) bond motifs is 2. The van der Waals surface area contributed by atoms with Crippen molar-refractivity contribution in [2.24, 2.45) is 0 Å². The van der Waals surface area contributed by atoms with Gasteiger partial charge in [-0.05, 0) is 35.3 Å². The summed E-state index contributed by atoms with van der Waals surface area (Å²) in [6, 6.07) is 8.23. The number of carboxylic acid groups (broad SMARTS) is 1. The van der Waals surface area contributed by atoms with Crippen molar-refractivity contribution < 1.29 is 32.6 Å². The summed E-state index contributed by atoms with van der Waals surface area (Å²) in [5.41, 5.74) is 2.56. The zero-order chi connectivity index (χ0) is 23.7. The number of amides is 1. The number of hydrogen-bond donors (Lipinski definition) is 2. The second kappa shape index (κ2) is 9.27. The van der Waals surface area contributed by atoms with Gasteiger partial charge in [-0.15, -0.1) is 0 Å². The van der Waals surface area contributed by atoms with Gasteiger partial charge >= 0.3 is 5.97 Å². The Bertz CT molecular complexity index is 1120. The zero-order valence-electron chi connectivity index (χ0n) is 17.9. The van der Waals surface area contributed by atoms with Gasteiger partial charge in [0, 0.05) is 32.5 Å². The van der Waals surface area contributed by atoms with E-state index in [0.717, 1.165) is 22.8 Å². The van der Waals surface area contributed by atoms with Crippen LogP contribution in [0.25, 0.3) is 5.57 Å². The first-order valence-electron chi connectivity index (χ1n) is 10.6. The van der Waals surface area contributed by atoms with Crippen molar-refractivity contribution in [3.8, 4) is 5.75 Å². The van der Waals surface area contributed by atoms with E-state index in [1.807, 2.05) is 0 Å². The molecule has 2 aliphatic heterocycles. The molecule has 2 heterocycles. The minimum atomic E-state index is -1.36. The first-order chi connectivity index (χ1) is 15.7. The number of rotatable bonds is 6. The van der Waals surface area contributed by atoms with Crippen LogP contribution in [0, 0.1) is 17.5 Å². The zero-order valence-corrected chi connectivity index (χ0v) is 17.9. The first-order valence-corrected chi connectivity index (χ1v) is 10.6.